The predicted octanol–water partition coefficient (Wildman–Crippen LogP) is 28.8. The normalized spacial score (nSPS) is 12.0. The molecule has 0 fully saturated rings. The van der Waals surface area contributed by atoms with Crippen molar-refractivity contribution in [1.29, 1.82) is 0 Å². The molecule has 24 heteroatoms. The fourth-order valence-electron chi connectivity index (χ4n) is 15.8. The number of fused-ring (bicyclic) bond motifs is 3. The van der Waals surface area contributed by atoms with Gasteiger partial charge in [0, 0.05) is 64.0 Å². The molecule has 0 saturated heterocycles. The van der Waals surface area contributed by atoms with Gasteiger partial charge in [0.15, 0.2) is 0 Å². The number of carbonyl (C=O) groups excluding carboxylic acids is 6. The molecule has 5 aromatic carbocycles. The Morgan fingerprint density at radius 1 is 0.276 bits per heavy atom. The molecule has 12 nitrogen and oxygen atoms in total. The molecule has 0 aliphatic heterocycles. The maximum absolute atomic E-state index is 13.8. The summed E-state index contributed by atoms with van der Waals surface area (Å²) >= 11 is 9.04. The Balaban J connectivity index is 0.000000235. The molecular formula is C99H131BrO12S6Si3Sn2. The predicted molar refractivity (Wildman–Crippen MR) is 548 cm³/mol. The SMILES string of the molecule is CCC[CH2][Sn]([CH2]CCC)([CH2]CCC)[c]1cc[c]([Sn]([CH2]CCC)([CH2]CCC)[CH2]CCC)cc1.CCOC(=O)c1cc(-c2cc3sc([Si](C)(C)C)cc3s2)c(C(=O)OCC)cc1-c1ccc(-c2cc(C(=O)OCC)c(-c3cc4sc([Si](C)(C)C)cc4s3)cc2C(=O)OCC)cc1.CCOC(=O)c1cc(-c2cc3sc([Si](C)(C)C)cc3s2)c(C(=O)OCC)cc1Br. The Hall–Kier alpha value is -5.37. The smallest absolute Gasteiger partial charge is 0.339 e. The van der Waals surface area contributed by atoms with Crippen molar-refractivity contribution in [1.82, 2.24) is 0 Å². The minimum atomic E-state index is -2.29. The number of benzene rings is 5. The number of carbonyl (C=O) groups is 6. The molecule has 6 aromatic heterocycles. The van der Waals surface area contributed by atoms with Crippen LogP contribution in [0.3, 0.4) is 0 Å². The van der Waals surface area contributed by atoms with Crippen molar-refractivity contribution in [2.75, 3.05) is 39.6 Å². The molecule has 6 heterocycles. The monoisotopic (exact) mass is 2110 g/mol. The molecule has 0 radical (unpaired) electrons. The molecule has 0 spiro atoms. The Morgan fingerprint density at radius 2 is 0.488 bits per heavy atom. The summed E-state index contributed by atoms with van der Waals surface area (Å²) in [4.78, 5) is 82.6. The Morgan fingerprint density at radius 3 is 0.715 bits per heavy atom. The van der Waals surface area contributed by atoms with Gasteiger partial charge in [-0.25, -0.2) is 28.8 Å². The standard InChI is InChI=1S/C48H50O8S4Si2.C21H23BrO4S2Si.C6H4.6C4H9.2Sn/c1-11-53-45(49)33-21-31(37-23-39-41(57-37)25-43(59-39)61(5,6)7)35(47(51)55-13-3)19-29(33)27-15-17-28(18-16-27)30-20-36(48(52)56-14-4)32(22-34(30)46(50)54-12-2)38-24-40-42(58-38)26-44(60-40)62(8,9)10;1-6-25-20(23)13-9-15(22)14(21(24)26-7-2)8-12(13)16-10-17-18(27-16)11-19(28-17)29(3,4)5;1-2-4-6-5-3-1;6*1-3-4-2;;/h15-26H,11-14H2,1-10H3;8-11H,6-7H2,1-5H3;1-2,5-6H;6*1,3-4H2,2H3;;. The number of esters is 6. The molecule has 0 bridgehead atoms. The summed E-state index contributed by atoms with van der Waals surface area (Å²) in [5.74, 6) is -2.86. The van der Waals surface area contributed by atoms with Crippen LogP contribution in [0.1, 0.15) is 222 Å². The number of hydrogen-bond donors (Lipinski definition) is 0. The van der Waals surface area contributed by atoms with E-state index in [0.29, 0.717) is 76.8 Å². The third-order valence-electron chi connectivity index (χ3n) is 22.7. The third kappa shape index (κ3) is 25.6. The Kier molecular flexibility index (Phi) is 38.5. The molecule has 11 rings (SSSR count). The molecule has 0 atom stereocenters. The molecular weight excluding hydrogens is 1980 g/mol. The molecule has 0 unspecified atom stereocenters. The fourth-order valence-corrected chi connectivity index (χ4v) is 61.4. The molecule has 0 N–H and O–H groups in total. The minimum Gasteiger partial charge on any atom is -0.462 e. The summed E-state index contributed by atoms with van der Waals surface area (Å²) in [7, 11) is -4.42. The van der Waals surface area contributed by atoms with E-state index in [4.69, 9.17) is 28.4 Å². The van der Waals surface area contributed by atoms with Crippen molar-refractivity contribution in [3.8, 4) is 53.6 Å². The summed E-state index contributed by atoms with van der Waals surface area (Å²) in [5.41, 5.74) is 6.25. The summed E-state index contributed by atoms with van der Waals surface area (Å²) in [5, 5.41) is 0. The van der Waals surface area contributed by atoms with E-state index in [1.807, 2.05) is 42.8 Å². The zero-order chi connectivity index (χ0) is 89.7. The van der Waals surface area contributed by atoms with E-state index < -0.39 is 96.8 Å². The van der Waals surface area contributed by atoms with Gasteiger partial charge in [0.2, 0.25) is 0 Å². The van der Waals surface area contributed by atoms with E-state index in [2.05, 4.69) is 177 Å². The maximum Gasteiger partial charge on any atom is 0.339 e. The topological polar surface area (TPSA) is 158 Å². The van der Waals surface area contributed by atoms with Gasteiger partial charge in [-0.3, -0.25) is 0 Å². The third-order valence-corrected chi connectivity index (χ3v) is 72.4. The number of hydrogen-bond acceptors (Lipinski definition) is 18. The van der Waals surface area contributed by atoms with Crippen LogP contribution in [0.25, 0.3) is 81.8 Å². The van der Waals surface area contributed by atoms with Gasteiger partial charge in [0.25, 0.3) is 0 Å². The van der Waals surface area contributed by atoms with Crippen LogP contribution >= 0.6 is 84.0 Å². The van der Waals surface area contributed by atoms with E-state index in [0.717, 1.165) is 33.4 Å². The summed E-state index contributed by atoms with van der Waals surface area (Å²) in [6.07, 6.45) is 17.1. The maximum atomic E-state index is 13.8. The van der Waals surface area contributed by atoms with E-state index in [1.54, 1.807) is 161 Å². The minimum absolute atomic E-state index is 0.166. The second-order valence-corrected chi connectivity index (χ2v) is 85.1. The second-order valence-electron chi connectivity index (χ2n) is 35.0. The van der Waals surface area contributed by atoms with Crippen molar-refractivity contribution in [3.05, 3.63) is 159 Å². The van der Waals surface area contributed by atoms with Crippen LogP contribution in [0.4, 0.5) is 0 Å². The Bertz CT molecular complexity index is 5040. The molecule has 662 valence electrons. The van der Waals surface area contributed by atoms with Gasteiger partial charge in [-0.05, 0) is 166 Å². The summed E-state index contributed by atoms with van der Waals surface area (Å²) < 4.78 is 57.9. The van der Waals surface area contributed by atoms with Gasteiger partial charge in [0.1, 0.15) is 0 Å². The molecule has 11 aromatic rings. The van der Waals surface area contributed by atoms with Crippen LogP contribution in [0.15, 0.2) is 126 Å². The van der Waals surface area contributed by atoms with E-state index in [1.165, 1.54) is 100.0 Å². The zero-order valence-electron chi connectivity index (χ0n) is 76.7. The summed E-state index contributed by atoms with van der Waals surface area (Å²) in [6, 6.07) is 41.6. The summed E-state index contributed by atoms with van der Waals surface area (Å²) in [6.45, 7) is 47.2. The Labute approximate surface area is 776 Å². The van der Waals surface area contributed by atoms with Gasteiger partial charge in [-0.15, -0.1) is 68.0 Å². The number of thiophene rings is 6. The van der Waals surface area contributed by atoms with Gasteiger partial charge >= 0.3 is 249 Å². The first-order chi connectivity index (χ1) is 58.7. The number of halogens is 1. The van der Waals surface area contributed by atoms with Gasteiger partial charge in [-0.2, -0.15) is 0 Å². The van der Waals surface area contributed by atoms with Gasteiger partial charge in [-0.1, -0.05) is 83.2 Å². The quantitative estimate of drug-likeness (QED) is 0.0204. The number of unbranched alkanes of at least 4 members (excludes halogenated alkanes) is 6. The van der Waals surface area contributed by atoms with Crippen molar-refractivity contribution in [2.45, 2.75) is 246 Å². The van der Waals surface area contributed by atoms with Crippen LogP contribution < -0.4 is 20.7 Å². The molecule has 0 amide bonds. The average molecular weight is 2110 g/mol. The molecule has 0 saturated carbocycles. The van der Waals surface area contributed by atoms with Crippen molar-refractivity contribution >= 4 is 230 Å². The van der Waals surface area contributed by atoms with Crippen LogP contribution in [0, 0.1) is 0 Å². The molecule has 0 aliphatic carbocycles. The van der Waals surface area contributed by atoms with Crippen molar-refractivity contribution < 1.29 is 57.2 Å². The molecule has 123 heavy (non-hydrogen) atoms. The van der Waals surface area contributed by atoms with Crippen LogP contribution in [-0.2, 0) is 28.4 Å². The second kappa shape index (κ2) is 46.8. The number of ether oxygens (including phenoxy) is 6. The van der Waals surface area contributed by atoms with E-state index in [9.17, 15) is 28.8 Å². The van der Waals surface area contributed by atoms with Gasteiger partial charge < -0.3 is 28.4 Å². The first kappa shape index (κ1) is 101. The largest absolute Gasteiger partial charge is 0.462 e. The first-order valence-electron chi connectivity index (χ1n) is 44.7. The average Bonchev–Trinajstić information content (AvgIpc) is 1.66. The van der Waals surface area contributed by atoms with Crippen LogP contribution in [-0.4, -0.2) is 136 Å². The van der Waals surface area contributed by atoms with E-state index in [-0.39, 0.29) is 39.6 Å². The fraction of sp³-hybridized carbons (Fsp3) is 0.455. The van der Waals surface area contributed by atoms with E-state index >= 15 is 0 Å². The number of rotatable bonds is 40. The molecule has 0 aliphatic rings. The zero-order valence-corrected chi connectivity index (χ0v) is 91.9. The van der Waals surface area contributed by atoms with Crippen LogP contribution in [0.2, 0.25) is 85.5 Å². The first-order valence-corrected chi connectivity index (χ1v) is 75.9. The van der Waals surface area contributed by atoms with Crippen molar-refractivity contribution in [3.63, 3.8) is 0 Å². The van der Waals surface area contributed by atoms with Gasteiger partial charge in [0.05, 0.1) is 97.2 Å². The van der Waals surface area contributed by atoms with Crippen molar-refractivity contribution in [2.24, 2.45) is 0 Å². The van der Waals surface area contributed by atoms with Crippen LogP contribution in [0.5, 0.6) is 0 Å².